The van der Waals surface area contributed by atoms with Gasteiger partial charge in [0.25, 0.3) is 11.8 Å². The first-order valence-electron chi connectivity index (χ1n) is 30.8. The molecule has 2 fully saturated rings. The number of aliphatic hydroxyl groups is 1. The van der Waals surface area contributed by atoms with Gasteiger partial charge in [-0.15, -0.1) is 11.3 Å². The number of carbonyl (C=O) groups excluding carboxylic acids is 5. The second-order valence-corrected chi connectivity index (χ2v) is 29.6. The summed E-state index contributed by atoms with van der Waals surface area (Å²) in [6.45, 7) is 9.64. The van der Waals surface area contributed by atoms with Crippen molar-refractivity contribution in [1.29, 1.82) is 0 Å². The number of aliphatic hydroxyl groups excluding tert-OH is 1. The normalized spacial score (nSPS) is 17.1. The van der Waals surface area contributed by atoms with E-state index in [1.165, 1.54) is 34.0 Å². The molecule has 4 aromatic heterocycles. The number of nitrogens with one attached hydrogen (secondary N) is 4. The number of benzene rings is 3. The molecule has 1 aliphatic carbocycles. The van der Waals surface area contributed by atoms with Gasteiger partial charge in [-0.1, -0.05) is 99.4 Å². The van der Waals surface area contributed by atoms with E-state index in [2.05, 4.69) is 30.6 Å². The van der Waals surface area contributed by atoms with Crippen molar-refractivity contribution in [3.63, 3.8) is 0 Å². The van der Waals surface area contributed by atoms with E-state index in [9.17, 15) is 51.8 Å². The number of fused-ring (bicyclic) bond motifs is 2. The number of para-hydroxylation sites is 1. The van der Waals surface area contributed by atoms with Crippen LogP contribution in [0, 0.1) is 25.2 Å². The van der Waals surface area contributed by atoms with Gasteiger partial charge in [0.1, 0.15) is 23.6 Å². The van der Waals surface area contributed by atoms with Crippen LogP contribution in [-0.4, -0.2) is 126 Å². The SMILES string of the molecule is Cc1ncsc1-c1ccc([C@H](C)NC(=O)[C@@H]2C[C@@H](O)CN2C(=O)[C@@H](NC(=O)CCCCCS(=O)(=O)NC(=O)c2nc(N3CCc4cccc(C(=O)Nc5nc6ccccc6s5)c4C3)ccc2-c2cnn(CC3CCCCC3)c2C)C(C)(C)CCOP(=O)(O)O)cc1. The third kappa shape index (κ3) is 16.5. The number of likely N-dealkylation sites (tertiary alicyclic amines) is 1. The molecule has 484 valence electrons. The second kappa shape index (κ2) is 28.7. The van der Waals surface area contributed by atoms with Gasteiger partial charge in [-0.2, -0.15) is 5.10 Å². The third-order valence-electron chi connectivity index (χ3n) is 17.5. The zero-order valence-electron chi connectivity index (χ0n) is 51.6. The van der Waals surface area contributed by atoms with Crippen LogP contribution in [0.25, 0.3) is 31.8 Å². The number of carbonyl (C=O) groups is 5. The Labute approximate surface area is 537 Å². The smallest absolute Gasteiger partial charge is 0.391 e. The van der Waals surface area contributed by atoms with Crippen molar-refractivity contribution >= 4 is 91.2 Å². The van der Waals surface area contributed by atoms with E-state index in [1.807, 2.05) is 84.1 Å². The molecule has 1 saturated heterocycles. The van der Waals surface area contributed by atoms with E-state index >= 15 is 0 Å². The van der Waals surface area contributed by atoms with Gasteiger partial charge in [0.15, 0.2) is 5.13 Å². The number of rotatable bonds is 25. The van der Waals surface area contributed by atoms with Gasteiger partial charge in [-0.3, -0.25) is 38.5 Å². The summed E-state index contributed by atoms with van der Waals surface area (Å²) in [7, 11) is -9.22. The Balaban J connectivity index is 0.795. The van der Waals surface area contributed by atoms with Crippen LogP contribution in [0.3, 0.4) is 0 Å². The number of amides is 5. The van der Waals surface area contributed by atoms with Gasteiger partial charge in [-0.25, -0.2) is 32.7 Å². The number of hydrogen-bond donors (Lipinski definition) is 7. The Morgan fingerprint density at radius 1 is 0.890 bits per heavy atom. The fourth-order valence-electron chi connectivity index (χ4n) is 12.4. The molecule has 0 unspecified atom stereocenters. The number of anilines is 2. The number of β-amino-alcohol motifs (C(OH)–C–C–N with tert-alkyl or cyclic N) is 1. The van der Waals surface area contributed by atoms with E-state index in [0.717, 1.165) is 74.4 Å². The van der Waals surface area contributed by atoms with Crippen LogP contribution in [0.4, 0.5) is 10.9 Å². The van der Waals surface area contributed by atoms with E-state index in [0.29, 0.717) is 53.1 Å². The molecule has 10 rings (SSSR count). The molecule has 5 amide bonds. The first-order chi connectivity index (χ1) is 43.4. The summed E-state index contributed by atoms with van der Waals surface area (Å²) in [5, 5.41) is 24.8. The number of aromatic nitrogens is 5. The van der Waals surface area contributed by atoms with Crippen LogP contribution in [-0.2, 0) is 53.0 Å². The largest absolute Gasteiger partial charge is 0.469 e. The number of nitrogens with zero attached hydrogens (tertiary/aromatic N) is 7. The monoisotopic (exact) mass is 1320 g/mol. The Morgan fingerprint density at radius 3 is 2.40 bits per heavy atom. The molecule has 91 heavy (non-hydrogen) atoms. The van der Waals surface area contributed by atoms with E-state index in [-0.39, 0.29) is 63.2 Å². The van der Waals surface area contributed by atoms with Crippen LogP contribution < -0.4 is 25.6 Å². The molecular weight excluding hydrogens is 1240 g/mol. The molecule has 4 atom stereocenters. The van der Waals surface area contributed by atoms with E-state index in [4.69, 9.17) is 14.6 Å². The Hall–Kier alpha value is -7.29. The molecule has 3 aromatic carbocycles. The van der Waals surface area contributed by atoms with Crippen molar-refractivity contribution in [2.24, 2.45) is 11.3 Å². The summed E-state index contributed by atoms with van der Waals surface area (Å²) in [4.78, 5) is 108. The van der Waals surface area contributed by atoms with Crippen LogP contribution >= 0.6 is 30.5 Å². The minimum atomic E-state index is -4.91. The number of phosphoric acid groups is 1. The van der Waals surface area contributed by atoms with E-state index in [1.54, 1.807) is 50.7 Å². The van der Waals surface area contributed by atoms with Crippen molar-refractivity contribution in [2.45, 2.75) is 149 Å². The van der Waals surface area contributed by atoms with Gasteiger partial charge in [0.2, 0.25) is 27.7 Å². The summed E-state index contributed by atoms with van der Waals surface area (Å²) < 4.78 is 49.4. The maximum absolute atomic E-state index is 14.7. The average molecular weight is 1320 g/mol. The number of hydrogen-bond acceptors (Lipinski definition) is 17. The summed E-state index contributed by atoms with van der Waals surface area (Å²) in [6, 6.07) is 21.5. The predicted molar refractivity (Wildman–Crippen MR) is 349 cm³/mol. The first kappa shape index (κ1) is 66.6. The predicted octanol–water partition coefficient (Wildman–Crippen LogP) is 9.16. The van der Waals surface area contributed by atoms with Crippen molar-refractivity contribution in [1.82, 2.24) is 45.0 Å². The molecule has 0 bridgehead atoms. The number of aryl methyl sites for hydroxylation is 1. The van der Waals surface area contributed by atoms with Crippen molar-refractivity contribution in [2.75, 3.05) is 35.7 Å². The minimum absolute atomic E-state index is 0.0374. The summed E-state index contributed by atoms with van der Waals surface area (Å²) in [5.41, 5.74) is 7.95. The molecule has 3 aliphatic rings. The number of phosphoric ester groups is 1. The molecule has 23 nitrogen and oxygen atoms in total. The molecular formula is C64H78N11O12PS3. The lowest BCUT2D eigenvalue weighted by Crippen LogP contribution is -2.58. The average Bonchev–Trinajstić information content (AvgIpc) is 1.83. The Kier molecular flexibility index (Phi) is 21.0. The van der Waals surface area contributed by atoms with Gasteiger partial charge < -0.3 is 35.3 Å². The molecule has 2 aliphatic heterocycles. The fraction of sp³-hybridized carbons (Fsp3) is 0.453. The summed E-state index contributed by atoms with van der Waals surface area (Å²) in [6.07, 6.45) is 6.92. The highest BCUT2D eigenvalue weighted by Gasteiger charge is 2.46. The van der Waals surface area contributed by atoms with Crippen LogP contribution in [0.1, 0.15) is 146 Å². The first-order valence-corrected chi connectivity index (χ1v) is 35.7. The van der Waals surface area contributed by atoms with Gasteiger partial charge in [0.05, 0.1) is 57.0 Å². The van der Waals surface area contributed by atoms with Crippen molar-refractivity contribution in [3.8, 4) is 21.6 Å². The topological polar surface area (TPSA) is 318 Å². The summed E-state index contributed by atoms with van der Waals surface area (Å²) >= 11 is 2.90. The second-order valence-electron chi connectivity index (χ2n) is 24.6. The van der Waals surface area contributed by atoms with Crippen LogP contribution in [0.15, 0.2) is 90.6 Å². The maximum atomic E-state index is 14.7. The molecule has 7 aromatic rings. The Morgan fingerprint density at radius 2 is 1.66 bits per heavy atom. The van der Waals surface area contributed by atoms with Gasteiger partial charge in [-0.05, 0) is 123 Å². The molecule has 6 heterocycles. The number of unbranched alkanes of at least 4 members (excludes halogenated alkanes) is 2. The van der Waals surface area contributed by atoms with Gasteiger partial charge >= 0.3 is 7.82 Å². The maximum Gasteiger partial charge on any atom is 0.469 e. The highest BCUT2D eigenvalue weighted by atomic mass is 32.2. The lowest BCUT2D eigenvalue weighted by atomic mass is 9.80. The molecule has 0 spiro atoms. The Bertz CT molecular complexity index is 3940. The molecule has 27 heteroatoms. The van der Waals surface area contributed by atoms with Crippen molar-refractivity contribution < 1.29 is 56.4 Å². The molecule has 7 N–H and O–H groups in total. The third-order valence-corrected chi connectivity index (χ3v) is 21.3. The minimum Gasteiger partial charge on any atom is -0.391 e. The number of pyridine rings is 1. The lowest BCUT2D eigenvalue weighted by molar-refractivity contribution is -0.144. The fourth-order valence-corrected chi connectivity index (χ4v) is 15.4. The lowest BCUT2D eigenvalue weighted by Gasteiger charge is -2.37. The zero-order valence-corrected chi connectivity index (χ0v) is 54.9. The standard InChI is InChI=1S/C64H78N11O12PS3/c1-39(43-22-24-45(25-23-43)57-40(2)65-38-89-57)67-60(79)52-33-46(76)36-74(52)62(81)58(64(4,5)29-31-87-88(82,83)84)70-55(77)21-10-7-13-32-91(85,86)72-61(80)56-47(49-34-66-75(41(49)3)35-42-15-8-6-9-16-42)26-27-54(69-56)73-30-28-44-17-14-18-48(50(44)37-73)59(78)71-63-68-51-19-11-12-20-53(51)90-63/h11-12,14,17-20,22-27,34,38-39,42,46,52,58,76H,6-10,13,15-16,21,28-33,35-37H2,1-5H3,(H,67,79)(H,70,77)(H,72,80)(H,68,71,78)(H2,82,83,84)/t39-,46+,52-,58+/m0/s1. The highest BCUT2D eigenvalue weighted by molar-refractivity contribution is 7.90. The van der Waals surface area contributed by atoms with Crippen LogP contribution in [0.5, 0.6) is 0 Å². The molecule has 1 saturated carbocycles. The zero-order chi connectivity index (χ0) is 64.8. The molecule has 0 radical (unpaired) electrons. The highest BCUT2D eigenvalue weighted by Crippen LogP contribution is 2.39. The van der Waals surface area contributed by atoms with Crippen LogP contribution in [0.2, 0.25) is 0 Å². The van der Waals surface area contributed by atoms with Gasteiger partial charge in [0, 0.05) is 61.4 Å². The van der Waals surface area contributed by atoms with E-state index < -0.39 is 83.5 Å². The quantitative estimate of drug-likeness (QED) is 0.0207. The number of thiazole rings is 2. The van der Waals surface area contributed by atoms with Crippen molar-refractivity contribution in [3.05, 3.63) is 130 Å². The summed E-state index contributed by atoms with van der Waals surface area (Å²) in [5.74, 6) is -2.71. The number of sulfonamides is 1.